The number of hydrogen-bond donors (Lipinski definition) is 1. The van der Waals surface area contributed by atoms with Gasteiger partial charge in [-0.2, -0.15) is 0 Å². The van der Waals surface area contributed by atoms with Gasteiger partial charge in [-0.25, -0.2) is 0 Å². The van der Waals surface area contributed by atoms with Gasteiger partial charge in [0.15, 0.2) is 0 Å². The van der Waals surface area contributed by atoms with Gasteiger partial charge in [-0.1, -0.05) is 19.1 Å². The van der Waals surface area contributed by atoms with Gasteiger partial charge in [-0.05, 0) is 44.0 Å². The molecule has 3 heteroatoms. The fourth-order valence-corrected chi connectivity index (χ4v) is 2.11. The van der Waals surface area contributed by atoms with Gasteiger partial charge in [0, 0.05) is 13.2 Å². The van der Waals surface area contributed by atoms with Gasteiger partial charge in [0.1, 0.15) is 5.75 Å². The monoisotopic (exact) mass is 251 g/mol. The van der Waals surface area contributed by atoms with Gasteiger partial charge in [0.2, 0.25) is 0 Å². The number of nitrogens with one attached hydrogen (secondary N) is 1. The van der Waals surface area contributed by atoms with Crippen molar-refractivity contribution in [3.8, 4) is 5.75 Å². The van der Waals surface area contributed by atoms with Crippen molar-refractivity contribution in [1.82, 2.24) is 5.32 Å². The van der Waals surface area contributed by atoms with Crippen LogP contribution in [0.4, 0.5) is 0 Å². The van der Waals surface area contributed by atoms with E-state index >= 15 is 0 Å². The Bertz CT molecular complexity index is 341. The highest BCUT2D eigenvalue weighted by Crippen LogP contribution is 2.15. The highest BCUT2D eigenvalue weighted by atomic mass is 16.5. The van der Waals surface area contributed by atoms with Crippen molar-refractivity contribution in [1.29, 1.82) is 0 Å². The first-order chi connectivity index (χ1) is 8.69. The Morgan fingerprint density at radius 2 is 2.06 bits per heavy atom. The van der Waals surface area contributed by atoms with Gasteiger partial charge >= 0.3 is 0 Å². The summed E-state index contributed by atoms with van der Waals surface area (Å²) >= 11 is 0. The number of hydrogen-bond acceptors (Lipinski definition) is 3. The van der Waals surface area contributed by atoms with Gasteiger partial charge in [0.05, 0.1) is 13.2 Å². The summed E-state index contributed by atoms with van der Waals surface area (Å²) in [5, 5.41) is 3.51. The van der Waals surface area contributed by atoms with E-state index in [0.717, 1.165) is 25.1 Å². The maximum absolute atomic E-state index is 5.34. The lowest BCUT2D eigenvalue weighted by atomic mass is 10.0. The fourth-order valence-electron chi connectivity index (χ4n) is 2.11. The molecule has 0 bridgehead atoms. The highest BCUT2D eigenvalue weighted by Gasteiger charge is 2.12. The Balaban J connectivity index is 2.63. The van der Waals surface area contributed by atoms with E-state index in [1.165, 1.54) is 5.56 Å². The Labute approximate surface area is 110 Å². The summed E-state index contributed by atoms with van der Waals surface area (Å²) in [6.07, 6.45) is 2.29. The molecule has 102 valence electrons. The Morgan fingerprint density at radius 3 is 2.67 bits per heavy atom. The van der Waals surface area contributed by atoms with E-state index in [0.29, 0.717) is 6.04 Å². The third-order valence-corrected chi connectivity index (χ3v) is 3.13. The molecule has 0 saturated heterocycles. The molecule has 0 heterocycles. The van der Waals surface area contributed by atoms with Crippen LogP contribution in [0.15, 0.2) is 24.3 Å². The third kappa shape index (κ3) is 5.07. The van der Waals surface area contributed by atoms with Crippen LogP contribution >= 0.6 is 0 Å². The Kier molecular flexibility index (Phi) is 6.76. The maximum atomic E-state index is 5.34. The van der Waals surface area contributed by atoms with Crippen molar-refractivity contribution in [2.75, 3.05) is 20.8 Å². The van der Waals surface area contributed by atoms with Crippen molar-refractivity contribution in [3.63, 3.8) is 0 Å². The number of likely N-dealkylation sites (N-methyl/N-ethyl adjacent to an activating group) is 1. The maximum Gasteiger partial charge on any atom is 0.119 e. The number of methoxy groups -OCH3 is 2. The summed E-state index contributed by atoms with van der Waals surface area (Å²) in [6.45, 7) is 5.22. The molecule has 0 aliphatic heterocycles. The van der Waals surface area contributed by atoms with Crippen LogP contribution in [0.3, 0.4) is 0 Å². The van der Waals surface area contributed by atoms with E-state index in [1.807, 2.05) is 12.1 Å². The van der Waals surface area contributed by atoms with Crippen LogP contribution in [0.2, 0.25) is 0 Å². The van der Waals surface area contributed by atoms with E-state index in [-0.39, 0.29) is 6.10 Å². The molecular formula is C15H25NO2. The number of benzene rings is 1. The highest BCUT2D eigenvalue weighted by molar-refractivity contribution is 5.28. The predicted molar refractivity (Wildman–Crippen MR) is 75.3 cm³/mol. The summed E-state index contributed by atoms with van der Waals surface area (Å²) < 4.78 is 10.6. The molecule has 0 radical (unpaired) electrons. The van der Waals surface area contributed by atoms with Crippen LogP contribution in [0.1, 0.15) is 25.8 Å². The second-order valence-electron chi connectivity index (χ2n) is 4.59. The average Bonchev–Trinajstić information content (AvgIpc) is 2.39. The molecule has 1 rings (SSSR count). The lowest BCUT2D eigenvalue weighted by Crippen LogP contribution is -2.34. The van der Waals surface area contributed by atoms with Crippen LogP contribution in [0.25, 0.3) is 0 Å². The Hall–Kier alpha value is -1.06. The minimum atomic E-state index is 0.277. The van der Waals surface area contributed by atoms with Crippen LogP contribution in [-0.4, -0.2) is 32.9 Å². The van der Waals surface area contributed by atoms with Crippen molar-refractivity contribution < 1.29 is 9.47 Å². The van der Waals surface area contributed by atoms with Crippen molar-refractivity contribution >= 4 is 0 Å². The number of ether oxygens (including phenoxy) is 2. The van der Waals surface area contributed by atoms with Gasteiger partial charge in [-0.3, -0.25) is 0 Å². The molecule has 18 heavy (non-hydrogen) atoms. The van der Waals surface area contributed by atoms with Crippen LogP contribution in [-0.2, 0) is 11.2 Å². The zero-order valence-corrected chi connectivity index (χ0v) is 11.9. The standard InChI is InChI=1S/C15H25NO2/c1-5-16-14(9-12(2)17-3)10-13-7-6-8-15(11-13)18-4/h6-8,11-12,14,16H,5,9-10H2,1-4H3. The first-order valence-electron chi connectivity index (χ1n) is 6.58. The summed E-state index contributed by atoms with van der Waals surface area (Å²) in [5.41, 5.74) is 1.30. The lowest BCUT2D eigenvalue weighted by molar-refractivity contribution is 0.101. The van der Waals surface area contributed by atoms with E-state index in [4.69, 9.17) is 9.47 Å². The van der Waals surface area contributed by atoms with Crippen LogP contribution in [0.5, 0.6) is 5.75 Å². The molecule has 2 atom stereocenters. The molecule has 0 saturated carbocycles. The first-order valence-corrected chi connectivity index (χ1v) is 6.58. The summed E-state index contributed by atoms with van der Waals surface area (Å²) in [5.74, 6) is 0.919. The molecular weight excluding hydrogens is 226 g/mol. The molecule has 1 aromatic carbocycles. The van der Waals surface area contributed by atoms with Gasteiger partial charge in [0.25, 0.3) is 0 Å². The SMILES string of the molecule is CCNC(Cc1cccc(OC)c1)CC(C)OC. The lowest BCUT2D eigenvalue weighted by Gasteiger charge is -2.21. The van der Waals surface area contributed by atoms with Gasteiger partial charge in [-0.15, -0.1) is 0 Å². The average molecular weight is 251 g/mol. The Morgan fingerprint density at radius 1 is 1.28 bits per heavy atom. The van der Waals surface area contributed by atoms with Crippen molar-refractivity contribution in [2.45, 2.75) is 38.8 Å². The molecule has 0 aromatic heterocycles. The zero-order chi connectivity index (χ0) is 13.4. The van der Waals surface area contributed by atoms with Crippen LogP contribution in [0, 0.1) is 0 Å². The minimum absolute atomic E-state index is 0.277. The zero-order valence-electron chi connectivity index (χ0n) is 11.9. The molecule has 0 aliphatic rings. The minimum Gasteiger partial charge on any atom is -0.497 e. The molecule has 0 amide bonds. The molecule has 2 unspecified atom stereocenters. The van der Waals surface area contributed by atoms with Crippen LogP contribution < -0.4 is 10.1 Å². The molecule has 3 nitrogen and oxygen atoms in total. The smallest absolute Gasteiger partial charge is 0.119 e. The van der Waals surface area contributed by atoms with E-state index < -0.39 is 0 Å². The van der Waals surface area contributed by atoms with Gasteiger partial charge < -0.3 is 14.8 Å². The summed E-state index contributed by atoms with van der Waals surface area (Å²) in [6, 6.07) is 8.70. The van der Waals surface area contributed by atoms with E-state index in [2.05, 4.69) is 31.3 Å². The normalized spacial score (nSPS) is 14.2. The second-order valence-corrected chi connectivity index (χ2v) is 4.59. The fraction of sp³-hybridized carbons (Fsp3) is 0.600. The molecule has 1 N–H and O–H groups in total. The molecule has 0 aliphatic carbocycles. The number of rotatable bonds is 8. The summed E-state index contributed by atoms with van der Waals surface area (Å²) in [4.78, 5) is 0. The summed E-state index contributed by atoms with van der Waals surface area (Å²) in [7, 11) is 3.47. The largest absolute Gasteiger partial charge is 0.497 e. The van der Waals surface area contributed by atoms with Crippen molar-refractivity contribution in [3.05, 3.63) is 29.8 Å². The third-order valence-electron chi connectivity index (χ3n) is 3.13. The van der Waals surface area contributed by atoms with E-state index in [1.54, 1.807) is 14.2 Å². The quantitative estimate of drug-likeness (QED) is 0.770. The molecule has 0 fully saturated rings. The molecule has 1 aromatic rings. The first kappa shape index (κ1) is 15.0. The van der Waals surface area contributed by atoms with Crippen molar-refractivity contribution in [2.24, 2.45) is 0 Å². The second kappa shape index (κ2) is 8.11. The topological polar surface area (TPSA) is 30.5 Å². The van der Waals surface area contributed by atoms with E-state index in [9.17, 15) is 0 Å². The molecule has 0 spiro atoms. The predicted octanol–water partition coefficient (Wildman–Crippen LogP) is 2.64.